The molecule has 8 nitrogen and oxygen atoms in total. The van der Waals surface area contributed by atoms with Crippen molar-refractivity contribution in [2.45, 2.75) is 26.4 Å². The zero-order valence-electron chi connectivity index (χ0n) is 19.5. The molecule has 0 spiro atoms. The summed E-state index contributed by atoms with van der Waals surface area (Å²) in [5.41, 5.74) is 0.842. The number of aromatic nitrogens is 2. The average molecular weight is 506 g/mol. The zero-order chi connectivity index (χ0) is 25.7. The molecule has 0 unspecified atom stereocenters. The summed E-state index contributed by atoms with van der Waals surface area (Å²) in [6.07, 6.45) is 0.652. The van der Waals surface area contributed by atoms with E-state index in [1.165, 1.54) is 27.3 Å². The van der Waals surface area contributed by atoms with Gasteiger partial charge in [0.05, 0.1) is 12.1 Å². The average Bonchev–Trinajstić information content (AvgIpc) is 2.86. The molecule has 36 heavy (non-hydrogen) atoms. The van der Waals surface area contributed by atoms with E-state index in [9.17, 15) is 14.4 Å². The standard InChI is InChI=1S/C27H24ClN3O5/c1-2-14-30-25(32)16-24(31(27(30)35)17-18-6-8-20(28)9-7-18)29-21-10-12-22(13-11-21)36-23-5-3-4-19(15-23)26(33)34/h3-13,15-16,29H,2,14,17H2,1H3,(H,33,34). The minimum atomic E-state index is -1.04. The maximum Gasteiger partial charge on any atom is 0.335 e. The summed E-state index contributed by atoms with van der Waals surface area (Å²) >= 11 is 5.99. The van der Waals surface area contributed by atoms with Gasteiger partial charge in [-0.1, -0.05) is 36.7 Å². The van der Waals surface area contributed by atoms with Gasteiger partial charge in [0.2, 0.25) is 0 Å². The van der Waals surface area contributed by atoms with Crippen LogP contribution in [0.5, 0.6) is 11.5 Å². The fraction of sp³-hybridized carbons (Fsp3) is 0.148. The summed E-state index contributed by atoms with van der Waals surface area (Å²) < 4.78 is 8.50. The van der Waals surface area contributed by atoms with Gasteiger partial charge >= 0.3 is 11.7 Å². The van der Waals surface area contributed by atoms with E-state index in [-0.39, 0.29) is 17.7 Å². The number of hydrogen-bond donors (Lipinski definition) is 2. The summed E-state index contributed by atoms with van der Waals surface area (Å²) in [5.74, 6) is 0.215. The molecule has 0 fully saturated rings. The van der Waals surface area contributed by atoms with E-state index < -0.39 is 11.7 Å². The molecule has 0 amide bonds. The molecule has 0 bridgehead atoms. The second kappa shape index (κ2) is 11.0. The SMILES string of the molecule is CCCn1c(=O)cc(Nc2ccc(Oc3cccc(C(=O)O)c3)cc2)n(Cc2ccc(Cl)cc2)c1=O. The predicted molar refractivity (Wildman–Crippen MR) is 139 cm³/mol. The Morgan fingerprint density at radius 2 is 1.67 bits per heavy atom. The Balaban J connectivity index is 1.61. The highest BCUT2D eigenvalue weighted by molar-refractivity contribution is 6.30. The van der Waals surface area contributed by atoms with Gasteiger partial charge in [-0.15, -0.1) is 0 Å². The third kappa shape index (κ3) is 5.84. The van der Waals surface area contributed by atoms with E-state index in [1.54, 1.807) is 48.5 Å². The van der Waals surface area contributed by atoms with Gasteiger partial charge in [-0.3, -0.25) is 13.9 Å². The van der Waals surface area contributed by atoms with Crippen LogP contribution in [0.1, 0.15) is 29.3 Å². The number of carboxylic acid groups (broad SMARTS) is 1. The number of carboxylic acids is 1. The molecule has 4 aromatic rings. The van der Waals surface area contributed by atoms with Gasteiger partial charge in [0.15, 0.2) is 0 Å². The topological polar surface area (TPSA) is 103 Å². The van der Waals surface area contributed by atoms with E-state index in [1.807, 2.05) is 19.1 Å². The number of carbonyl (C=O) groups is 1. The summed E-state index contributed by atoms with van der Waals surface area (Å²) in [5, 5.41) is 12.9. The number of aromatic carboxylic acids is 1. The lowest BCUT2D eigenvalue weighted by atomic mass is 10.2. The molecular weight excluding hydrogens is 482 g/mol. The van der Waals surface area contributed by atoms with Crippen molar-refractivity contribution >= 4 is 29.1 Å². The Bertz CT molecular complexity index is 1490. The first kappa shape index (κ1) is 24.8. The predicted octanol–water partition coefficient (Wildman–Crippen LogP) is 5.36. The molecule has 3 aromatic carbocycles. The van der Waals surface area contributed by atoms with Crippen LogP contribution < -0.4 is 21.3 Å². The second-order valence-corrected chi connectivity index (χ2v) is 8.54. The molecule has 4 rings (SSSR count). The van der Waals surface area contributed by atoms with Crippen LogP contribution in [0.2, 0.25) is 5.02 Å². The molecule has 0 atom stereocenters. The van der Waals surface area contributed by atoms with Crippen LogP contribution in [-0.2, 0) is 13.1 Å². The van der Waals surface area contributed by atoms with Gasteiger partial charge in [0, 0.05) is 23.3 Å². The maximum absolute atomic E-state index is 13.2. The maximum atomic E-state index is 13.2. The van der Waals surface area contributed by atoms with Gasteiger partial charge in [-0.25, -0.2) is 9.59 Å². The number of ether oxygens (including phenoxy) is 1. The lowest BCUT2D eigenvalue weighted by Crippen LogP contribution is -2.40. The van der Waals surface area contributed by atoms with E-state index in [2.05, 4.69) is 5.32 Å². The highest BCUT2D eigenvalue weighted by Gasteiger charge is 2.13. The van der Waals surface area contributed by atoms with E-state index >= 15 is 0 Å². The lowest BCUT2D eigenvalue weighted by Gasteiger charge is -2.17. The Kier molecular flexibility index (Phi) is 7.56. The fourth-order valence-corrected chi connectivity index (χ4v) is 3.78. The number of nitrogens with one attached hydrogen (secondary N) is 1. The van der Waals surface area contributed by atoms with Crippen LogP contribution in [0.3, 0.4) is 0 Å². The number of anilines is 2. The van der Waals surface area contributed by atoms with Crippen molar-refractivity contribution in [3.8, 4) is 11.5 Å². The molecule has 9 heteroatoms. The van der Waals surface area contributed by atoms with Crippen LogP contribution in [0, 0.1) is 0 Å². The summed E-state index contributed by atoms with van der Waals surface area (Å²) in [4.78, 5) is 37.0. The first-order chi connectivity index (χ1) is 17.3. The van der Waals surface area contributed by atoms with Crippen LogP contribution in [-0.4, -0.2) is 20.2 Å². The van der Waals surface area contributed by atoms with Gasteiger partial charge in [-0.05, 0) is 66.6 Å². The van der Waals surface area contributed by atoms with Crippen LogP contribution in [0.4, 0.5) is 11.5 Å². The highest BCUT2D eigenvalue weighted by atomic mass is 35.5. The van der Waals surface area contributed by atoms with Crippen molar-refractivity contribution in [3.63, 3.8) is 0 Å². The number of nitrogens with zero attached hydrogens (tertiary/aromatic N) is 2. The van der Waals surface area contributed by atoms with Crippen molar-refractivity contribution in [2.24, 2.45) is 0 Å². The number of halogens is 1. The fourth-order valence-electron chi connectivity index (χ4n) is 3.66. The smallest absolute Gasteiger partial charge is 0.335 e. The Morgan fingerprint density at radius 3 is 2.33 bits per heavy atom. The molecule has 0 aliphatic heterocycles. The summed E-state index contributed by atoms with van der Waals surface area (Å²) in [6.45, 7) is 2.49. The Labute approximate surface area is 212 Å². The molecule has 0 saturated carbocycles. The van der Waals surface area contributed by atoms with Gasteiger partial charge < -0.3 is 15.2 Å². The Hall–Kier alpha value is -4.30. The monoisotopic (exact) mass is 505 g/mol. The van der Waals surface area contributed by atoms with Crippen molar-refractivity contribution in [2.75, 3.05) is 5.32 Å². The first-order valence-electron chi connectivity index (χ1n) is 11.3. The van der Waals surface area contributed by atoms with Crippen molar-refractivity contribution in [3.05, 3.63) is 116 Å². The van der Waals surface area contributed by atoms with Crippen molar-refractivity contribution in [1.82, 2.24) is 9.13 Å². The second-order valence-electron chi connectivity index (χ2n) is 8.10. The number of hydrogen-bond acceptors (Lipinski definition) is 5. The normalized spacial score (nSPS) is 10.7. The van der Waals surface area contributed by atoms with Crippen LogP contribution in [0.25, 0.3) is 0 Å². The molecule has 1 heterocycles. The molecule has 1 aromatic heterocycles. The van der Waals surface area contributed by atoms with Gasteiger partial charge in [0.25, 0.3) is 5.56 Å². The number of benzene rings is 3. The molecule has 2 N–H and O–H groups in total. The quantitative estimate of drug-likeness (QED) is 0.317. The van der Waals surface area contributed by atoms with Crippen molar-refractivity contribution < 1.29 is 14.6 Å². The molecule has 0 aliphatic carbocycles. The Morgan fingerprint density at radius 1 is 0.944 bits per heavy atom. The highest BCUT2D eigenvalue weighted by Crippen LogP contribution is 2.25. The summed E-state index contributed by atoms with van der Waals surface area (Å²) in [7, 11) is 0. The summed E-state index contributed by atoms with van der Waals surface area (Å²) in [6, 6.07) is 21.7. The molecule has 0 radical (unpaired) electrons. The van der Waals surface area contributed by atoms with Crippen LogP contribution >= 0.6 is 11.6 Å². The van der Waals surface area contributed by atoms with Gasteiger partial charge in [0.1, 0.15) is 17.3 Å². The zero-order valence-corrected chi connectivity index (χ0v) is 20.2. The minimum Gasteiger partial charge on any atom is -0.478 e. The third-order valence-electron chi connectivity index (χ3n) is 5.42. The van der Waals surface area contributed by atoms with Crippen molar-refractivity contribution in [1.29, 1.82) is 0 Å². The molecular formula is C27H24ClN3O5. The minimum absolute atomic E-state index is 0.127. The molecule has 184 valence electrons. The van der Waals surface area contributed by atoms with E-state index in [0.717, 1.165) is 5.56 Å². The van der Waals surface area contributed by atoms with E-state index in [4.69, 9.17) is 21.4 Å². The molecule has 0 saturated heterocycles. The van der Waals surface area contributed by atoms with Crippen LogP contribution in [0.15, 0.2) is 88.5 Å². The number of rotatable bonds is 9. The molecule has 0 aliphatic rings. The van der Waals surface area contributed by atoms with E-state index in [0.29, 0.717) is 41.0 Å². The largest absolute Gasteiger partial charge is 0.478 e. The third-order valence-corrected chi connectivity index (χ3v) is 5.68. The lowest BCUT2D eigenvalue weighted by molar-refractivity contribution is 0.0696. The first-order valence-corrected chi connectivity index (χ1v) is 11.7. The van der Waals surface area contributed by atoms with Gasteiger partial charge in [-0.2, -0.15) is 0 Å².